The van der Waals surface area contributed by atoms with Crippen LogP contribution in [0.4, 0.5) is 0 Å². The summed E-state index contributed by atoms with van der Waals surface area (Å²) >= 11 is 0. The second kappa shape index (κ2) is 9.23. The van der Waals surface area contributed by atoms with Gasteiger partial charge in [-0.15, -0.1) is 0 Å². The first-order valence-electron chi connectivity index (χ1n) is 11.9. The molecular weight excluding hydrogens is 466 g/mol. The lowest BCUT2D eigenvalue weighted by Gasteiger charge is -2.07. The number of carbonyl (C=O) groups is 1. The summed E-state index contributed by atoms with van der Waals surface area (Å²) in [6, 6.07) is 9.47. The van der Waals surface area contributed by atoms with E-state index in [4.69, 9.17) is 9.97 Å². The van der Waals surface area contributed by atoms with Gasteiger partial charge in [0.25, 0.3) is 0 Å². The van der Waals surface area contributed by atoms with Crippen molar-refractivity contribution < 1.29 is 4.79 Å². The highest BCUT2D eigenvalue weighted by atomic mass is 16.2. The van der Waals surface area contributed by atoms with Crippen molar-refractivity contribution in [2.24, 2.45) is 10.9 Å². The van der Waals surface area contributed by atoms with Crippen molar-refractivity contribution in [2.45, 2.75) is 19.8 Å². The predicted molar refractivity (Wildman–Crippen MR) is 142 cm³/mol. The van der Waals surface area contributed by atoms with Crippen LogP contribution in [0.5, 0.6) is 0 Å². The van der Waals surface area contributed by atoms with Crippen LogP contribution in [0.2, 0.25) is 0 Å². The van der Waals surface area contributed by atoms with E-state index in [0.29, 0.717) is 34.0 Å². The maximum atomic E-state index is 12.2. The van der Waals surface area contributed by atoms with Gasteiger partial charge in [0, 0.05) is 47.5 Å². The molecule has 1 amide bonds. The molecule has 0 spiro atoms. The SMILES string of the molecule is C=N/C=C(\C=C(/C)NC(=O)C1CC1)c1ccc2[nH]nc(-c3nc4c(-c5cccnc5)nccc4[nH]3)c2n1. The highest BCUT2D eigenvalue weighted by Gasteiger charge is 2.29. The number of aromatic amines is 2. The largest absolute Gasteiger partial charge is 0.336 e. The van der Waals surface area contributed by atoms with Gasteiger partial charge in [-0.2, -0.15) is 5.10 Å². The number of H-pyrrole nitrogens is 2. The average Bonchev–Trinajstić information content (AvgIpc) is 3.55. The van der Waals surface area contributed by atoms with Crippen LogP contribution in [0.15, 0.2) is 71.9 Å². The number of aliphatic imine (C=N–C) groups is 1. The number of hydrogen-bond donors (Lipinski definition) is 3. The van der Waals surface area contributed by atoms with E-state index >= 15 is 0 Å². The first kappa shape index (κ1) is 22.5. The summed E-state index contributed by atoms with van der Waals surface area (Å²) < 4.78 is 0. The topological polar surface area (TPSA) is 137 Å². The van der Waals surface area contributed by atoms with Crippen LogP contribution in [0.3, 0.4) is 0 Å². The maximum absolute atomic E-state index is 12.2. The quantitative estimate of drug-likeness (QED) is 0.228. The van der Waals surface area contributed by atoms with Gasteiger partial charge in [-0.05, 0) is 62.9 Å². The van der Waals surface area contributed by atoms with Crippen molar-refractivity contribution in [3.05, 3.63) is 72.6 Å². The molecule has 0 saturated heterocycles. The third-order valence-corrected chi connectivity index (χ3v) is 6.13. The minimum Gasteiger partial charge on any atom is -0.336 e. The van der Waals surface area contributed by atoms with Gasteiger partial charge >= 0.3 is 0 Å². The monoisotopic (exact) mass is 489 g/mol. The molecule has 0 unspecified atom stereocenters. The van der Waals surface area contributed by atoms with Crippen molar-refractivity contribution >= 4 is 40.3 Å². The number of carbonyl (C=O) groups excluding carboxylic acids is 1. The lowest BCUT2D eigenvalue weighted by Crippen LogP contribution is -2.22. The summed E-state index contributed by atoms with van der Waals surface area (Å²) in [7, 11) is 0. The number of amides is 1. The molecule has 37 heavy (non-hydrogen) atoms. The van der Waals surface area contributed by atoms with E-state index in [1.165, 1.54) is 0 Å². The molecule has 10 nitrogen and oxygen atoms in total. The standard InChI is InChI=1S/C27H23N9O/c1-15(31-27(37)16-5-6-16)12-18(13-28-2)19-7-8-21-24(32-19)25(36-35-21)26-33-20-9-11-30-22(23(20)34-26)17-4-3-10-29-14-17/h3-4,7-14,16H,2,5-6H2,1H3,(H,31,37)(H,33,34)(H,35,36)/b15-12+,18-13+. The molecule has 1 fully saturated rings. The number of hydrogen-bond acceptors (Lipinski definition) is 7. The molecule has 5 heterocycles. The number of fused-ring (bicyclic) bond motifs is 2. The van der Waals surface area contributed by atoms with E-state index in [2.05, 4.69) is 42.2 Å². The fraction of sp³-hybridized carbons (Fsp3) is 0.148. The number of imidazole rings is 1. The van der Waals surface area contributed by atoms with Crippen molar-refractivity contribution in [2.75, 3.05) is 0 Å². The van der Waals surface area contributed by atoms with Gasteiger partial charge in [0.15, 0.2) is 11.5 Å². The van der Waals surface area contributed by atoms with Crippen LogP contribution in [0.1, 0.15) is 25.5 Å². The Kier molecular flexibility index (Phi) is 5.61. The van der Waals surface area contributed by atoms with Crippen molar-refractivity contribution in [3.8, 4) is 22.8 Å². The van der Waals surface area contributed by atoms with E-state index < -0.39 is 0 Å². The number of nitrogens with one attached hydrogen (secondary N) is 3. The molecule has 3 N–H and O–H groups in total. The van der Waals surface area contributed by atoms with Crippen LogP contribution in [-0.2, 0) is 4.79 Å². The fourth-order valence-electron chi connectivity index (χ4n) is 4.17. The first-order chi connectivity index (χ1) is 18.1. The molecule has 1 saturated carbocycles. The number of nitrogens with zero attached hydrogens (tertiary/aromatic N) is 6. The van der Waals surface area contributed by atoms with Gasteiger partial charge in [-0.1, -0.05) is 0 Å². The third-order valence-electron chi connectivity index (χ3n) is 6.13. The van der Waals surface area contributed by atoms with E-state index in [0.717, 1.165) is 40.6 Å². The molecule has 10 heteroatoms. The highest BCUT2D eigenvalue weighted by molar-refractivity contribution is 5.95. The molecule has 0 aromatic carbocycles. The molecule has 5 aromatic rings. The molecule has 0 bridgehead atoms. The Bertz CT molecular complexity index is 1710. The fourth-order valence-corrected chi connectivity index (χ4v) is 4.17. The zero-order chi connectivity index (χ0) is 25.4. The van der Waals surface area contributed by atoms with E-state index in [1.807, 2.05) is 43.3 Å². The van der Waals surface area contributed by atoms with Gasteiger partial charge in [-0.25, -0.2) is 9.97 Å². The van der Waals surface area contributed by atoms with Gasteiger partial charge in [0.05, 0.1) is 22.4 Å². The average molecular weight is 490 g/mol. The summed E-state index contributed by atoms with van der Waals surface area (Å²) in [5, 5.41) is 10.5. The lowest BCUT2D eigenvalue weighted by molar-refractivity contribution is -0.121. The van der Waals surface area contributed by atoms with Crippen molar-refractivity contribution in [1.29, 1.82) is 0 Å². The lowest BCUT2D eigenvalue weighted by atomic mass is 10.1. The predicted octanol–water partition coefficient (Wildman–Crippen LogP) is 4.43. The third kappa shape index (κ3) is 4.40. The highest BCUT2D eigenvalue weighted by Crippen LogP contribution is 2.31. The van der Waals surface area contributed by atoms with Crippen LogP contribution < -0.4 is 5.32 Å². The van der Waals surface area contributed by atoms with Crippen LogP contribution in [0.25, 0.3) is 50.4 Å². The number of aromatic nitrogens is 7. The van der Waals surface area contributed by atoms with Gasteiger partial charge < -0.3 is 10.3 Å². The summed E-state index contributed by atoms with van der Waals surface area (Å²) in [6.07, 6.45) is 10.6. The zero-order valence-electron chi connectivity index (χ0n) is 20.1. The zero-order valence-corrected chi connectivity index (χ0v) is 20.1. The Morgan fingerprint density at radius 1 is 1.11 bits per heavy atom. The van der Waals surface area contributed by atoms with Crippen LogP contribution in [0, 0.1) is 5.92 Å². The van der Waals surface area contributed by atoms with Crippen LogP contribution in [-0.4, -0.2) is 47.7 Å². The Morgan fingerprint density at radius 2 is 1.97 bits per heavy atom. The summed E-state index contributed by atoms with van der Waals surface area (Å²) in [6.45, 7) is 5.44. The molecular formula is C27H23N9O. The maximum Gasteiger partial charge on any atom is 0.227 e. The van der Waals surface area contributed by atoms with Crippen LogP contribution >= 0.6 is 0 Å². The normalized spacial score (nSPS) is 14.3. The molecule has 0 radical (unpaired) electrons. The Morgan fingerprint density at radius 3 is 2.76 bits per heavy atom. The molecule has 6 rings (SSSR count). The van der Waals surface area contributed by atoms with E-state index in [1.54, 1.807) is 24.8 Å². The molecule has 0 atom stereocenters. The second-order valence-electron chi connectivity index (χ2n) is 8.91. The first-order valence-corrected chi connectivity index (χ1v) is 11.9. The molecule has 182 valence electrons. The van der Waals surface area contributed by atoms with Gasteiger partial charge in [-0.3, -0.25) is 24.9 Å². The van der Waals surface area contributed by atoms with Crippen molar-refractivity contribution in [1.82, 2.24) is 40.4 Å². The molecule has 1 aliphatic rings. The minimum absolute atomic E-state index is 0.0465. The summed E-state index contributed by atoms with van der Waals surface area (Å²) in [4.78, 5) is 37.9. The Hall–Kier alpha value is -4.99. The Labute approximate surface area is 211 Å². The van der Waals surface area contributed by atoms with Gasteiger partial charge in [0.1, 0.15) is 11.0 Å². The Balaban J connectivity index is 1.39. The van der Waals surface area contributed by atoms with Gasteiger partial charge in [0.2, 0.25) is 5.91 Å². The molecule has 0 aliphatic heterocycles. The molecule has 1 aliphatic carbocycles. The van der Waals surface area contributed by atoms with Crippen molar-refractivity contribution in [3.63, 3.8) is 0 Å². The number of rotatable bonds is 7. The molecule has 5 aromatic heterocycles. The minimum atomic E-state index is 0.0465. The second-order valence-corrected chi connectivity index (χ2v) is 8.91. The summed E-state index contributed by atoms with van der Waals surface area (Å²) in [5.41, 5.74) is 7.25. The number of allylic oxidation sites excluding steroid dienone is 3. The smallest absolute Gasteiger partial charge is 0.227 e. The summed E-state index contributed by atoms with van der Waals surface area (Å²) in [5.74, 6) is 0.735. The van der Waals surface area contributed by atoms with E-state index in [-0.39, 0.29) is 11.8 Å². The van der Waals surface area contributed by atoms with E-state index in [9.17, 15) is 4.79 Å². The number of pyridine rings is 3.